The van der Waals surface area contributed by atoms with Gasteiger partial charge < -0.3 is 0 Å². The molecule has 0 amide bonds. The molecule has 0 aliphatic rings. The zero-order valence-corrected chi connectivity index (χ0v) is 12.6. The number of hydrogen-bond donors (Lipinski definition) is 0. The maximum absolute atomic E-state index is 6.39. The quantitative estimate of drug-likeness (QED) is 0.575. The van der Waals surface area contributed by atoms with Crippen LogP contribution in [0.1, 0.15) is 16.7 Å². The molecule has 2 aromatic carbocycles. The van der Waals surface area contributed by atoms with Gasteiger partial charge in [0.1, 0.15) is 0 Å². The van der Waals surface area contributed by atoms with Gasteiger partial charge in [-0.1, -0.05) is 35.9 Å². The van der Waals surface area contributed by atoms with Gasteiger partial charge >= 0.3 is 0 Å². The van der Waals surface area contributed by atoms with Crippen molar-refractivity contribution in [3.8, 4) is 11.1 Å². The fourth-order valence-electron chi connectivity index (χ4n) is 2.81. The van der Waals surface area contributed by atoms with Crippen LogP contribution in [0.5, 0.6) is 0 Å². The third-order valence-electron chi connectivity index (χ3n) is 3.64. The fourth-order valence-corrected chi connectivity index (χ4v) is 3.04. The van der Waals surface area contributed by atoms with Crippen LogP contribution in [0.3, 0.4) is 0 Å². The fraction of sp³-hybridized carbons (Fsp3) is 0.167. The van der Waals surface area contributed by atoms with E-state index in [9.17, 15) is 0 Å². The molecule has 0 atom stereocenters. The van der Waals surface area contributed by atoms with Gasteiger partial charge in [-0.3, -0.25) is 4.98 Å². The van der Waals surface area contributed by atoms with Gasteiger partial charge in [-0.05, 0) is 55.2 Å². The molecule has 100 valence electrons. The highest BCUT2D eigenvalue weighted by Gasteiger charge is 2.13. The van der Waals surface area contributed by atoms with Crippen LogP contribution in [-0.4, -0.2) is 4.98 Å². The van der Waals surface area contributed by atoms with Crippen LogP contribution < -0.4 is 0 Å². The van der Waals surface area contributed by atoms with Gasteiger partial charge in [0.2, 0.25) is 0 Å². The summed E-state index contributed by atoms with van der Waals surface area (Å²) in [5.74, 6) is 0. The van der Waals surface area contributed by atoms with E-state index in [2.05, 4.69) is 44.0 Å². The van der Waals surface area contributed by atoms with E-state index in [4.69, 9.17) is 11.6 Å². The lowest BCUT2D eigenvalue weighted by Crippen LogP contribution is -1.93. The number of halogens is 1. The lowest BCUT2D eigenvalue weighted by molar-refractivity contribution is 1.31. The Morgan fingerprint density at radius 1 is 0.950 bits per heavy atom. The molecule has 0 fully saturated rings. The Kier molecular flexibility index (Phi) is 3.23. The van der Waals surface area contributed by atoms with Crippen molar-refractivity contribution in [3.63, 3.8) is 0 Å². The smallest absolute Gasteiger partial charge is 0.0713 e. The Bertz CT molecular complexity index is 806. The first-order chi connectivity index (χ1) is 9.58. The third-order valence-corrected chi connectivity index (χ3v) is 3.97. The molecule has 1 aromatic heterocycles. The molecular weight excluding hydrogens is 266 g/mol. The number of aryl methyl sites for hydroxylation is 3. The van der Waals surface area contributed by atoms with Crippen LogP contribution in [-0.2, 0) is 0 Å². The number of pyridine rings is 1. The van der Waals surface area contributed by atoms with E-state index in [1.807, 2.05) is 24.4 Å². The zero-order valence-electron chi connectivity index (χ0n) is 11.9. The van der Waals surface area contributed by atoms with Crippen LogP contribution in [0.4, 0.5) is 0 Å². The summed E-state index contributed by atoms with van der Waals surface area (Å²) in [6.07, 6.45) is 1.93. The Hall–Kier alpha value is -1.86. The van der Waals surface area contributed by atoms with Crippen molar-refractivity contribution in [2.75, 3.05) is 0 Å². The first-order valence-corrected chi connectivity index (χ1v) is 7.07. The van der Waals surface area contributed by atoms with Crippen molar-refractivity contribution in [2.45, 2.75) is 20.8 Å². The molecule has 0 spiro atoms. The summed E-state index contributed by atoms with van der Waals surface area (Å²) >= 11 is 6.39. The first kappa shape index (κ1) is 13.1. The molecule has 20 heavy (non-hydrogen) atoms. The largest absolute Gasteiger partial charge is 0.256 e. The summed E-state index contributed by atoms with van der Waals surface area (Å²) in [7, 11) is 0. The van der Waals surface area contributed by atoms with Gasteiger partial charge in [-0.25, -0.2) is 0 Å². The normalized spacial score (nSPS) is 11.0. The summed E-state index contributed by atoms with van der Waals surface area (Å²) < 4.78 is 0. The summed E-state index contributed by atoms with van der Waals surface area (Å²) in [6.45, 7) is 6.32. The van der Waals surface area contributed by atoms with Crippen LogP contribution in [0.15, 0.2) is 42.6 Å². The Balaban J connectivity index is 2.47. The Morgan fingerprint density at radius 3 is 2.45 bits per heavy atom. The predicted octanol–water partition coefficient (Wildman–Crippen LogP) is 5.48. The summed E-state index contributed by atoms with van der Waals surface area (Å²) in [6, 6.07) is 12.3. The van der Waals surface area contributed by atoms with Crippen LogP contribution in [0.2, 0.25) is 5.02 Å². The monoisotopic (exact) mass is 281 g/mol. The number of hydrogen-bond acceptors (Lipinski definition) is 1. The van der Waals surface area contributed by atoms with E-state index in [1.165, 1.54) is 22.1 Å². The molecule has 0 aliphatic carbocycles. The second kappa shape index (κ2) is 4.92. The van der Waals surface area contributed by atoms with Gasteiger partial charge in [0.15, 0.2) is 0 Å². The molecule has 2 heteroatoms. The highest BCUT2D eigenvalue weighted by atomic mass is 35.5. The van der Waals surface area contributed by atoms with Crippen molar-refractivity contribution in [1.82, 2.24) is 4.98 Å². The number of nitrogens with zero attached hydrogens (tertiary/aromatic N) is 1. The molecule has 3 aromatic rings. The highest BCUT2D eigenvalue weighted by Crippen LogP contribution is 2.36. The molecule has 0 aliphatic heterocycles. The van der Waals surface area contributed by atoms with Gasteiger partial charge in [-0.2, -0.15) is 0 Å². The minimum absolute atomic E-state index is 0.781. The molecule has 0 N–H and O–H groups in total. The van der Waals surface area contributed by atoms with Crippen LogP contribution in [0.25, 0.3) is 22.0 Å². The number of fused-ring (bicyclic) bond motifs is 1. The van der Waals surface area contributed by atoms with E-state index < -0.39 is 0 Å². The van der Waals surface area contributed by atoms with Gasteiger partial charge in [-0.15, -0.1) is 0 Å². The van der Waals surface area contributed by atoms with Crippen molar-refractivity contribution < 1.29 is 0 Å². The molecule has 0 radical (unpaired) electrons. The molecule has 0 unspecified atom stereocenters. The summed E-state index contributed by atoms with van der Waals surface area (Å²) in [5, 5.41) is 1.98. The minimum Gasteiger partial charge on any atom is -0.256 e. The average Bonchev–Trinajstić information content (AvgIpc) is 2.40. The maximum atomic E-state index is 6.39. The number of benzene rings is 2. The van der Waals surface area contributed by atoms with Gasteiger partial charge in [0.25, 0.3) is 0 Å². The molecular formula is C18H16ClN. The van der Waals surface area contributed by atoms with Crippen LogP contribution in [0, 0.1) is 20.8 Å². The topological polar surface area (TPSA) is 12.9 Å². The molecule has 3 rings (SSSR count). The highest BCUT2D eigenvalue weighted by molar-refractivity contribution is 6.33. The number of aromatic nitrogens is 1. The van der Waals surface area contributed by atoms with E-state index >= 15 is 0 Å². The van der Waals surface area contributed by atoms with E-state index in [-0.39, 0.29) is 0 Å². The van der Waals surface area contributed by atoms with E-state index in [1.54, 1.807) is 0 Å². The predicted molar refractivity (Wildman–Crippen MR) is 86.4 cm³/mol. The molecule has 0 saturated carbocycles. The SMILES string of the molecule is Cc1cc(C)c2c(-c3ccccc3Cl)c(C)cnc2c1. The number of rotatable bonds is 1. The Morgan fingerprint density at radius 2 is 1.70 bits per heavy atom. The zero-order chi connectivity index (χ0) is 14.3. The maximum Gasteiger partial charge on any atom is 0.0713 e. The van der Waals surface area contributed by atoms with Crippen molar-refractivity contribution in [3.05, 3.63) is 64.3 Å². The lowest BCUT2D eigenvalue weighted by atomic mass is 9.93. The lowest BCUT2D eigenvalue weighted by Gasteiger charge is -2.14. The van der Waals surface area contributed by atoms with Crippen LogP contribution >= 0.6 is 11.6 Å². The average molecular weight is 282 g/mol. The second-order valence-corrected chi connectivity index (χ2v) is 5.68. The molecule has 1 heterocycles. The third kappa shape index (κ3) is 2.08. The van der Waals surface area contributed by atoms with Crippen molar-refractivity contribution in [2.24, 2.45) is 0 Å². The van der Waals surface area contributed by atoms with Gasteiger partial charge in [0.05, 0.1) is 5.52 Å². The standard InChI is InChI=1S/C18H16ClN/c1-11-8-12(2)18-16(9-11)20-10-13(3)17(18)14-6-4-5-7-15(14)19/h4-10H,1-3H3. The van der Waals surface area contributed by atoms with E-state index in [0.29, 0.717) is 0 Å². The summed E-state index contributed by atoms with van der Waals surface area (Å²) in [4.78, 5) is 4.58. The summed E-state index contributed by atoms with van der Waals surface area (Å²) in [5.41, 5.74) is 6.92. The van der Waals surface area contributed by atoms with Crippen molar-refractivity contribution >= 4 is 22.5 Å². The van der Waals surface area contributed by atoms with E-state index in [0.717, 1.165) is 21.7 Å². The van der Waals surface area contributed by atoms with Gasteiger partial charge in [0, 0.05) is 22.2 Å². The molecule has 0 bridgehead atoms. The minimum atomic E-state index is 0.781. The first-order valence-electron chi connectivity index (χ1n) is 6.69. The second-order valence-electron chi connectivity index (χ2n) is 5.27. The molecule has 0 saturated heterocycles. The molecule has 1 nitrogen and oxygen atoms in total. The Labute approximate surface area is 124 Å². The van der Waals surface area contributed by atoms with Crippen molar-refractivity contribution in [1.29, 1.82) is 0 Å².